The third kappa shape index (κ3) is 3.15. The van der Waals surface area contributed by atoms with Crippen LogP contribution in [0.4, 0.5) is 5.69 Å². The number of hydrogen-bond acceptors (Lipinski definition) is 4. The number of ether oxygens (including phenoxy) is 1. The molecule has 1 aliphatic rings. The fourth-order valence-electron chi connectivity index (χ4n) is 2.13. The van der Waals surface area contributed by atoms with E-state index >= 15 is 0 Å². The largest absolute Gasteiger partial charge is 0.468 e. The lowest BCUT2D eigenvalue weighted by atomic mass is 10.1. The van der Waals surface area contributed by atoms with E-state index in [2.05, 4.69) is 9.64 Å². The van der Waals surface area contributed by atoms with Gasteiger partial charge in [0.2, 0.25) is 0 Å². The second-order valence-electron chi connectivity index (χ2n) is 4.29. The quantitative estimate of drug-likeness (QED) is 0.852. The third-order valence-electron chi connectivity index (χ3n) is 3.18. The van der Waals surface area contributed by atoms with Gasteiger partial charge in [-0.3, -0.25) is 4.79 Å². The fourth-order valence-corrected chi connectivity index (χ4v) is 2.13. The summed E-state index contributed by atoms with van der Waals surface area (Å²) in [4.78, 5) is 13.6. The maximum absolute atomic E-state index is 11.3. The van der Waals surface area contributed by atoms with Gasteiger partial charge in [0.05, 0.1) is 7.11 Å². The first-order chi connectivity index (χ1) is 8.22. The molecule has 1 aliphatic heterocycles. The Hall–Kier alpha value is -1.26. The summed E-state index contributed by atoms with van der Waals surface area (Å²) in [6.07, 6.45) is 2.51. The molecule has 0 bridgehead atoms. The fraction of sp³-hybridized carbons (Fsp3) is 0.462. The van der Waals surface area contributed by atoms with Crippen LogP contribution in [-0.2, 0) is 9.53 Å². The van der Waals surface area contributed by atoms with Crippen molar-refractivity contribution in [3.05, 3.63) is 29.8 Å². The number of nitrogens with two attached hydrogens (primary N) is 1. The summed E-state index contributed by atoms with van der Waals surface area (Å²) in [5.74, 6) is -0.404. The Morgan fingerprint density at radius 1 is 1.28 bits per heavy atom. The van der Waals surface area contributed by atoms with Crippen LogP contribution in [0, 0.1) is 0 Å². The number of rotatable bonds is 3. The summed E-state index contributed by atoms with van der Waals surface area (Å²) in [5, 5.41) is 0. The Bertz CT molecular complexity index is 388. The van der Waals surface area contributed by atoms with E-state index in [9.17, 15) is 4.79 Å². The minimum Gasteiger partial charge on any atom is -0.468 e. The number of anilines is 1. The Kier molecular flexibility index (Phi) is 5.44. The zero-order valence-electron chi connectivity index (χ0n) is 10.5. The van der Waals surface area contributed by atoms with Crippen LogP contribution in [0.5, 0.6) is 0 Å². The summed E-state index contributed by atoms with van der Waals surface area (Å²) >= 11 is 0. The number of carbonyl (C=O) groups excluding carboxylic acids is 1. The van der Waals surface area contributed by atoms with Crippen molar-refractivity contribution in [2.75, 3.05) is 25.1 Å². The molecule has 5 heteroatoms. The standard InChI is InChI=1S/C13H18N2O2.ClH/c1-17-13(16)12(14)10-4-6-11(7-5-10)15-8-2-3-9-15;/h4-7,12H,2-3,8-9,14H2,1H3;1H/t12-;/m1./s1. The van der Waals surface area contributed by atoms with Gasteiger partial charge in [0.1, 0.15) is 6.04 Å². The van der Waals surface area contributed by atoms with Gasteiger partial charge in [-0.1, -0.05) is 12.1 Å². The summed E-state index contributed by atoms with van der Waals surface area (Å²) in [5.41, 5.74) is 7.75. The number of nitrogens with zero attached hydrogens (tertiary/aromatic N) is 1. The van der Waals surface area contributed by atoms with Crippen molar-refractivity contribution in [3.8, 4) is 0 Å². The Morgan fingerprint density at radius 2 is 1.83 bits per heavy atom. The van der Waals surface area contributed by atoms with E-state index in [1.807, 2.05) is 24.3 Å². The SMILES string of the molecule is COC(=O)[C@H](N)c1ccc(N2CCCC2)cc1.Cl. The van der Waals surface area contributed by atoms with E-state index in [0.717, 1.165) is 18.7 Å². The number of benzene rings is 1. The second kappa shape index (κ2) is 6.61. The molecular formula is C13H19ClN2O2. The van der Waals surface area contributed by atoms with Gasteiger partial charge in [0.15, 0.2) is 0 Å². The highest BCUT2D eigenvalue weighted by Crippen LogP contribution is 2.22. The number of carbonyl (C=O) groups is 1. The normalized spacial score (nSPS) is 16.0. The molecule has 0 radical (unpaired) electrons. The average molecular weight is 271 g/mol. The lowest BCUT2D eigenvalue weighted by Gasteiger charge is -2.18. The van der Waals surface area contributed by atoms with Crippen LogP contribution in [0.2, 0.25) is 0 Å². The average Bonchev–Trinajstić information content (AvgIpc) is 2.91. The van der Waals surface area contributed by atoms with Crippen molar-refractivity contribution in [3.63, 3.8) is 0 Å². The van der Waals surface area contributed by atoms with Crippen LogP contribution in [0.25, 0.3) is 0 Å². The van der Waals surface area contributed by atoms with Gasteiger partial charge in [0, 0.05) is 18.8 Å². The molecule has 0 amide bonds. The molecule has 0 aromatic heterocycles. The molecule has 1 atom stereocenters. The maximum atomic E-state index is 11.3. The maximum Gasteiger partial charge on any atom is 0.327 e. The van der Waals surface area contributed by atoms with E-state index in [4.69, 9.17) is 5.73 Å². The van der Waals surface area contributed by atoms with Gasteiger partial charge >= 0.3 is 5.97 Å². The van der Waals surface area contributed by atoms with E-state index in [1.165, 1.54) is 25.6 Å². The molecule has 2 rings (SSSR count). The number of esters is 1. The van der Waals surface area contributed by atoms with Gasteiger partial charge in [-0.25, -0.2) is 0 Å². The summed E-state index contributed by atoms with van der Waals surface area (Å²) in [6, 6.07) is 7.14. The van der Waals surface area contributed by atoms with Gasteiger partial charge in [-0.05, 0) is 30.5 Å². The summed E-state index contributed by atoms with van der Waals surface area (Å²) in [7, 11) is 1.35. The minimum absolute atomic E-state index is 0. The molecular weight excluding hydrogens is 252 g/mol. The molecule has 1 fully saturated rings. The summed E-state index contributed by atoms with van der Waals surface area (Å²) < 4.78 is 4.62. The smallest absolute Gasteiger partial charge is 0.327 e. The Balaban J connectivity index is 0.00000162. The van der Waals surface area contributed by atoms with E-state index in [1.54, 1.807) is 0 Å². The minimum atomic E-state index is -0.687. The predicted molar refractivity (Wildman–Crippen MR) is 74.1 cm³/mol. The van der Waals surface area contributed by atoms with Crippen molar-refractivity contribution in [1.82, 2.24) is 0 Å². The number of methoxy groups -OCH3 is 1. The Labute approximate surface area is 114 Å². The molecule has 0 saturated carbocycles. The van der Waals surface area contributed by atoms with Crippen molar-refractivity contribution < 1.29 is 9.53 Å². The molecule has 1 aromatic carbocycles. The molecule has 1 aromatic rings. The first kappa shape index (κ1) is 14.8. The van der Waals surface area contributed by atoms with Gasteiger partial charge < -0.3 is 15.4 Å². The van der Waals surface area contributed by atoms with Crippen LogP contribution < -0.4 is 10.6 Å². The number of hydrogen-bond donors (Lipinski definition) is 1. The van der Waals surface area contributed by atoms with Crippen LogP contribution in [0.15, 0.2) is 24.3 Å². The highest BCUT2D eigenvalue weighted by Gasteiger charge is 2.17. The van der Waals surface area contributed by atoms with Gasteiger partial charge in [-0.15, -0.1) is 12.4 Å². The lowest BCUT2D eigenvalue weighted by Crippen LogP contribution is -2.23. The molecule has 1 heterocycles. The highest BCUT2D eigenvalue weighted by atomic mass is 35.5. The topological polar surface area (TPSA) is 55.6 Å². The van der Waals surface area contributed by atoms with Crippen LogP contribution in [0.1, 0.15) is 24.4 Å². The van der Waals surface area contributed by atoms with Crippen LogP contribution in [0.3, 0.4) is 0 Å². The molecule has 0 spiro atoms. The lowest BCUT2D eigenvalue weighted by molar-refractivity contribution is -0.142. The third-order valence-corrected chi connectivity index (χ3v) is 3.18. The van der Waals surface area contributed by atoms with Gasteiger partial charge in [-0.2, -0.15) is 0 Å². The molecule has 100 valence electrons. The van der Waals surface area contributed by atoms with Crippen molar-refractivity contribution >= 4 is 24.1 Å². The molecule has 2 N–H and O–H groups in total. The molecule has 0 aliphatic carbocycles. The van der Waals surface area contributed by atoms with E-state index < -0.39 is 12.0 Å². The monoisotopic (exact) mass is 270 g/mol. The predicted octanol–water partition coefficient (Wildman–Crippen LogP) is 1.88. The molecule has 18 heavy (non-hydrogen) atoms. The van der Waals surface area contributed by atoms with Crippen molar-refractivity contribution in [2.24, 2.45) is 5.73 Å². The van der Waals surface area contributed by atoms with Crippen LogP contribution in [-0.4, -0.2) is 26.2 Å². The zero-order valence-corrected chi connectivity index (χ0v) is 11.3. The van der Waals surface area contributed by atoms with Gasteiger partial charge in [0.25, 0.3) is 0 Å². The highest BCUT2D eigenvalue weighted by molar-refractivity contribution is 5.85. The van der Waals surface area contributed by atoms with E-state index in [0.29, 0.717) is 0 Å². The first-order valence-corrected chi connectivity index (χ1v) is 5.90. The first-order valence-electron chi connectivity index (χ1n) is 5.90. The Morgan fingerprint density at radius 3 is 2.33 bits per heavy atom. The van der Waals surface area contributed by atoms with Crippen LogP contribution >= 0.6 is 12.4 Å². The van der Waals surface area contributed by atoms with Crippen molar-refractivity contribution in [1.29, 1.82) is 0 Å². The summed E-state index contributed by atoms with van der Waals surface area (Å²) in [6.45, 7) is 2.23. The molecule has 4 nitrogen and oxygen atoms in total. The molecule has 0 unspecified atom stereocenters. The number of halogens is 1. The van der Waals surface area contributed by atoms with E-state index in [-0.39, 0.29) is 12.4 Å². The zero-order chi connectivity index (χ0) is 12.3. The second-order valence-corrected chi connectivity index (χ2v) is 4.29. The molecule has 1 saturated heterocycles. The van der Waals surface area contributed by atoms with Crippen molar-refractivity contribution in [2.45, 2.75) is 18.9 Å².